The second kappa shape index (κ2) is 7.05. The van der Waals surface area contributed by atoms with Crippen LogP contribution in [0.1, 0.15) is 31.0 Å². The number of aryl methyl sites for hydroxylation is 1. The summed E-state index contributed by atoms with van der Waals surface area (Å²) in [5.74, 6) is -1.21. The lowest BCUT2D eigenvalue weighted by Gasteiger charge is -2.26. The summed E-state index contributed by atoms with van der Waals surface area (Å²) in [4.78, 5) is 24.5. The van der Waals surface area contributed by atoms with Crippen molar-refractivity contribution in [2.75, 3.05) is 13.1 Å². The molecular weight excluding hydrogens is 256 g/mol. The number of benzene rings is 1. The molecule has 0 saturated heterocycles. The molecular formula is C15H22N2O3. The van der Waals surface area contributed by atoms with Crippen molar-refractivity contribution in [3.63, 3.8) is 0 Å². The van der Waals surface area contributed by atoms with Gasteiger partial charge < -0.3 is 15.7 Å². The highest BCUT2D eigenvalue weighted by Crippen LogP contribution is 2.15. The Balaban J connectivity index is 2.87. The monoisotopic (exact) mass is 278 g/mol. The van der Waals surface area contributed by atoms with Gasteiger partial charge in [0.25, 0.3) is 0 Å². The quantitative estimate of drug-likeness (QED) is 0.827. The van der Waals surface area contributed by atoms with Gasteiger partial charge in [-0.25, -0.2) is 0 Å². The summed E-state index contributed by atoms with van der Waals surface area (Å²) in [7, 11) is 0. The zero-order valence-electron chi connectivity index (χ0n) is 12.2. The van der Waals surface area contributed by atoms with Gasteiger partial charge in [0.2, 0.25) is 5.91 Å². The van der Waals surface area contributed by atoms with E-state index in [-0.39, 0.29) is 18.4 Å². The zero-order chi connectivity index (χ0) is 15.3. The van der Waals surface area contributed by atoms with E-state index in [1.807, 2.05) is 32.9 Å². The van der Waals surface area contributed by atoms with Crippen molar-refractivity contribution in [1.29, 1.82) is 0 Å². The number of carbonyl (C=O) groups is 2. The van der Waals surface area contributed by atoms with Crippen LogP contribution in [-0.2, 0) is 9.59 Å². The average Bonchev–Trinajstić information content (AvgIpc) is 2.36. The second-order valence-corrected chi connectivity index (χ2v) is 5.39. The maximum atomic E-state index is 12.3. The average molecular weight is 278 g/mol. The van der Waals surface area contributed by atoms with Crippen molar-refractivity contribution in [2.45, 2.75) is 26.8 Å². The first-order chi connectivity index (χ1) is 9.31. The number of carboxylic acid groups (broad SMARTS) is 1. The van der Waals surface area contributed by atoms with Crippen molar-refractivity contribution >= 4 is 11.9 Å². The number of nitrogens with zero attached hydrogens (tertiary/aromatic N) is 1. The molecule has 20 heavy (non-hydrogen) atoms. The van der Waals surface area contributed by atoms with Gasteiger partial charge in [0.1, 0.15) is 12.6 Å². The number of aliphatic carboxylic acids is 1. The van der Waals surface area contributed by atoms with Crippen LogP contribution in [0.25, 0.3) is 0 Å². The molecule has 1 aromatic carbocycles. The minimum Gasteiger partial charge on any atom is -0.480 e. The molecule has 0 aliphatic carbocycles. The third-order valence-electron chi connectivity index (χ3n) is 2.93. The standard InChI is InChI=1S/C15H22N2O3/c1-10(2)8-17(9-13(18)19)15(20)14(16)12-6-4-11(3)5-7-12/h4-7,10,14H,8-9,16H2,1-3H3,(H,18,19). The summed E-state index contributed by atoms with van der Waals surface area (Å²) in [6, 6.07) is 6.53. The Morgan fingerprint density at radius 2 is 1.80 bits per heavy atom. The highest BCUT2D eigenvalue weighted by Gasteiger charge is 2.24. The first-order valence-corrected chi connectivity index (χ1v) is 6.64. The molecule has 1 rings (SSSR count). The zero-order valence-corrected chi connectivity index (χ0v) is 12.2. The lowest BCUT2D eigenvalue weighted by Crippen LogP contribution is -2.43. The van der Waals surface area contributed by atoms with Gasteiger partial charge in [-0.1, -0.05) is 43.7 Å². The van der Waals surface area contributed by atoms with Crippen LogP contribution in [0, 0.1) is 12.8 Å². The predicted octanol–water partition coefficient (Wildman–Crippen LogP) is 1.56. The normalized spacial score (nSPS) is 12.2. The molecule has 1 aromatic rings. The van der Waals surface area contributed by atoms with Crippen LogP contribution in [0.15, 0.2) is 24.3 Å². The minimum absolute atomic E-state index is 0.184. The highest BCUT2D eigenvalue weighted by atomic mass is 16.4. The Kier molecular flexibility index (Phi) is 5.70. The Labute approximate surface area is 119 Å². The molecule has 1 unspecified atom stereocenters. The molecule has 5 nitrogen and oxygen atoms in total. The van der Waals surface area contributed by atoms with E-state index in [1.54, 1.807) is 12.1 Å². The fraction of sp³-hybridized carbons (Fsp3) is 0.467. The Morgan fingerprint density at radius 1 is 1.25 bits per heavy atom. The fourth-order valence-corrected chi connectivity index (χ4v) is 1.95. The van der Waals surface area contributed by atoms with E-state index < -0.39 is 12.0 Å². The van der Waals surface area contributed by atoms with Crippen LogP contribution in [0.3, 0.4) is 0 Å². The maximum Gasteiger partial charge on any atom is 0.323 e. The molecule has 1 atom stereocenters. The number of nitrogens with two attached hydrogens (primary N) is 1. The largest absolute Gasteiger partial charge is 0.480 e. The predicted molar refractivity (Wildman–Crippen MR) is 77.2 cm³/mol. The minimum atomic E-state index is -1.03. The van der Waals surface area contributed by atoms with Crippen LogP contribution < -0.4 is 5.73 Å². The highest BCUT2D eigenvalue weighted by molar-refractivity contribution is 5.86. The molecule has 5 heteroatoms. The Hall–Kier alpha value is -1.88. The van der Waals surface area contributed by atoms with Crippen LogP contribution in [0.4, 0.5) is 0 Å². The van der Waals surface area contributed by atoms with Crippen molar-refractivity contribution < 1.29 is 14.7 Å². The first kappa shape index (κ1) is 16.2. The fourth-order valence-electron chi connectivity index (χ4n) is 1.95. The van der Waals surface area contributed by atoms with Gasteiger partial charge in [-0.05, 0) is 18.4 Å². The molecule has 0 spiro atoms. The molecule has 3 N–H and O–H groups in total. The molecule has 0 aliphatic heterocycles. The molecule has 0 saturated carbocycles. The van der Waals surface area contributed by atoms with E-state index in [1.165, 1.54) is 4.90 Å². The van der Waals surface area contributed by atoms with E-state index in [9.17, 15) is 9.59 Å². The van der Waals surface area contributed by atoms with E-state index in [0.29, 0.717) is 12.1 Å². The van der Waals surface area contributed by atoms with Crippen LogP contribution in [0.5, 0.6) is 0 Å². The molecule has 0 fully saturated rings. The molecule has 0 heterocycles. The van der Waals surface area contributed by atoms with Crippen LogP contribution in [-0.4, -0.2) is 35.0 Å². The van der Waals surface area contributed by atoms with Crippen molar-refractivity contribution in [3.05, 3.63) is 35.4 Å². The molecule has 1 amide bonds. The van der Waals surface area contributed by atoms with Gasteiger partial charge in [0.15, 0.2) is 0 Å². The summed E-state index contributed by atoms with van der Waals surface area (Å²) in [5.41, 5.74) is 7.73. The third-order valence-corrected chi connectivity index (χ3v) is 2.93. The molecule has 110 valence electrons. The molecule has 0 aromatic heterocycles. The summed E-state index contributed by atoms with van der Waals surface area (Å²) >= 11 is 0. The van der Waals surface area contributed by atoms with Gasteiger partial charge in [0.05, 0.1) is 0 Å². The van der Waals surface area contributed by atoms with Crippen molar-refractivity contribution in [3.8, 4) is 0 Å². The van der Waals surface area contributed by atoms with E-state index >= 15 is 0 Å². The molecule has 0 bridgehead atoms. The van der Waals surface area contributed by atoms with Gasteiger partial charge >= 0.3 is 5.97 Å². The topological polar surface area (TPSA) is 83.6 Å². The van der Waals surface area contributed by atoms with Gasteiger partial charge in [0, 0.05) is 6.54 Å². The second-order valence-electron chi connectivity index (χ2n) is 5.39. The number of carboxylic acids is 1. The number of rotatable bonds is 6. The third kappa shape index (κ3) is 4.66. The van der Waals surface area contributed by atoms with E-state index in [4.69, 9.17) is 10.8 Å². The maximum absolute atomic E-state index is 12.3. The summed E-state index contributed by atoms with van der Waals surface area (Å²) in [5, 5.41) is 8.90. The SMILES string of the molecule is Cc1ccc(C(N)C(=O)N(CC(=O)O)CC(C)C)cc1. The molecule has 0 aliphatic rings. The number of amides is 1. The summed E-state index contributed by atoms with van der Waals surface area (Å²) < 4.78 is 0. The van der Waals surface area contributed by atoms with Gasteiger partial charge in [-0.15, -0.1) is 0 Å². The van der Waals surface area contributed by atoms with E-state index in [0.717, 1.165) is 5.56 Å². The van der Waals surface area contributed by atoms with Gasteiger partial charge in [-0.2, -0.15) is 0 Å². The lowest BCUT2D eigenvalue weighted by molar-refractivity contribution is -0.145. The number of hydrogen-bond acceptors (Lipinski definition) is 3. The van der Waals surface area contributed by atoms with Crippen LogP contribution >= 0.6 is 0 Å². The van der Waals surface area contributed by atoms with Crippen molar-refractivity contribution in [1.82, 2.24) is 4.90 Å². The number of hydrogen-bond donors (Lipinski definition) is 2. The lowest BCUT2D eigenvalue weighted by atomic mass is 10.0. The summed E-state index contributed by atoms with van der Waals surface area (Å²) in [6.45, 7) is 5.87. The molecule has 0 radical (unpaired) electrons. The number of carbonyl (C=O) groups excluding carboxylic acids is 1. The Bertz CT molecular complexity index is 469. The first-order valence-electron chi connectivity index (χ1n) is 6.64. The smallest absolute Gasteiger partial charge is 0.323 e. The van der Waals surface area contributed by atoms with Crippen molar-refractivity contribution in [2.24, 2.45) is 11.7 Å². The van der Waals surface area contributed by atoms with Crippen LogP contribution in [0.2, 0.25) is 0 Å². The van der Waals surface area contributed by atoms with E-state index in [2.05, 4.69) is 0 Å². The van der Waals surface area contributed by atoms with Gasteiger partial charge in [-0.3, -0.25) is 9.59 Å². The Morgan fingerprint density at radius 3 is 2.25 bits per heavy atom. The summed E-state index contributed by atoms with van der Waals surface area (Å²) in [6.07, 6.45) is 0.